The van der Waals surface area contributed by atoms with E-state index < -0.39 is 30.4 Å². The van der Waals surface area contributed by atoms with Crippen molar-refractivity contribution in [1.82, 2.24) is 9.80 Å². The van der Waals surface area contributed by atoms with Gasteiger partial charge in [-0.25, -0.2) is 9.69 Å². The Morgan fingerprint density at radius 3 is 2.22 bits per heavy atom. The lowest BCUT2D eigenvalue weighted by molar-refractivity contribution is -0.148. The zero-order chi connectivity index (χ0) is 13.9. The van der Waals surface area contributed by atoms with Crippen LogP contribution in [-0.2, 0) is 19.1 Å². The number of rotatable bonds is 5. The average Bonchev–Trinajstić information content (AvgIpc) is 2.46. The summed E-state index contributed by atoms with van der Waals surface area (Å²) in [5.74, 6) is -2.53. The van der Waals surface area contributed by atoms with Crippen molar-refractivity contribution in [3.8, 4) is 0 Å². The van der Waals surface area contributed by atoms with Crippen LogP contribution in [0.4, 0.5) is 4.79 Å². The minimum atomic E-state index is -0.978. The van der Waals surface area contributed by atoms with Crippen LogP contribution in [0.2, 0.25) is 0 Å². The van der Waals surface area contributed by atoms with E-state index in [-0.39, 0.29) is 19.1 Å². The molecule has 0 atom stereocenters. The second-order valence-corrected chi connectivity index (χ2v) is 4.29. The van der Waals surface area contributed by atoms with Crippen molar-refractivity contribution in [2.45, 2.75) is 20.8 Å². The van der Waals surface area contributed by atoms with Gasteiger partial charge in [0.2, 0.25) is 0 Å². The van der Waals surface area contributed by atoms with E-state index in [9.17, 15) is 19.2 Å². The molecule has 4 amide bonds. The Balaban J connectivity index is 2.77. The van der Waals surface area contributed by atoms with Gasteiger partial charge in [-0.15, -0.1) is 0 Å². The van der Waals surface area contributed by atoms with Crippen LogP contribution in [0.25, 0.3) is 0 Å². The van der Waals surface area contributed by atoms with Crippen LogP contribution in [-0.4, -0.2) is 53.3 Å². The number of urea groups is 1. The van der Waals surface area contributed by atoms with Crippen LogP contribution in [0, 0.1) is 5.92 Å². The second kappa shape index (κ2) is 5.61. The summed E-state index contributed by atoms with van der Waals surface area (Å²) < 4.78 is 4.64. The first-order chi connectivity index (χ1) is 8.38. The van der Waals surface area contributed by atoms with Gasteiger partial charge in [0, 0.05) is 6.54 Å². The molecule has 100 valence electrons. The van der Waals surface area contributed by atoms with Crippen LogP contribution < -0.4 is 0 Å². The number of hydrogen-bond donors (Lipinski definition) is 0. The molecule has 7 heteroatoms. The van der Waals surface area contributed by atoms with Crippen LogP contribution in [0.3, 0.4) is 0 Å². The Bertz CT molecular complexity index is 391. The fourth-order valence-electron chi connectivity index (χ4n) is 1.55. The first kappa shape index (κ1) is 14.1. The largest absolute Gasteiger partial charge is 0.465 e. The highest BCUT2D eigenvalue weighted by Crippen LogP contribution is 2.13. The van der Waals surface area contributed by atoms with E-state index in [0.717, 1.165) is 4.90 Å². The van der Waals surface area contributed by atoms with E-state index in [0.29, 0.717) is 4.90 Å². The molecule has 1 aliphatic rings. The molecule has 0 unspecified atom stereocenters. The van der Waals surface area contributed by atoms with Gasteiger partial charge in [-0.05, 0) is 12.8 Å². The molecule has 0 aliphatic carbocycles. The predicted octanol–water partition coefficient (Wildman–Crippen LogP) is -0.00370. The van der Waals surface area contributed by atoms with Crippen LogP contribution >= 0.6 is 0 Å². The number of carbonyl (C=O) groups is 4. The number of ether oxygens (including phenoxy) is 1. The molecule has 1 fully saturated rings. The summed E-state index contributed by atoms with van der Waals surface area (Å²) in [7, 11) is 0. The van der Waals surface area contributed by atoms with E-state index in [1.807, 2.05) is 13.8 Å². The Labute approximate surface area is 105 Å². The highest BCUT2D eigenvalue weighted by atomic mass is 16.5. The molecular weight excluding hydrogens is 240 g/mol. The van der Waals surface area contributed by atoms with E-state index >= 15 is 0 Å². The molecule has 0 spiro atoms. The standard InChI is InChI=1S/C11H16N2O5/c1-4-18-8(14)6-13-10(16)9(15)12(11(13)17)5-7(2)3/h7H,4-6H2,1-3H3. The molecule has 0 saturated carbocycles. The smallest absolute Gasteiger partial charge is 0.334 e. The molecule has 0 bridgehead atoms. The van der Waals surface area contributed by atoms with Crippen molar-refractivity contribution in [1.29, 1.82) is 0 Å². The highest BCUT2D eigenvalue weighted by molar-refractivity contribution is 6.44. The zero-order valence-electron chi connectivity index (χ0n) is 10.6. The summed E-state index contributed by atoms with van der Waals surface area (Å²) in [6.07, 6.45) is 0. The SMILES string of the molecule is CCOC(=O)CN1C(=O)C(=O)N(CC(C)C)C1=O. The van der Waals surface area contributed by atoms with Gasteiger partial charge >= 0.3 is 23.8 Å². The molecule has 1 heterocycles. The lowest BCUT2D eigenvalue weighted by Crippen LogP contribution is -2.38. The Morgan fingerprint density at radius 2 is 1.72 bits per heavy atom. The molecule has 1 rings (SSSR count). The second-order valence-electron chi connectivity index (χ2n) is 4.29. The normalized spacial score (nSPS) is 15.9. The lowest BCUT2D eigenvalue weighted by atomic mass is 10.2. The van der Waals surface area contributed by atoms with Crippen LogP contribution in [0.5, 0.6) is 0 Å². The van der Waals surface area contributed by atoms with Crippen molar-refractivity contribution < 1.29 is 23.9 Å². The molecule has 1 aliphatic heterocycles. The predicted molar refractivity (Wildman–Crippen MR) is 60.3 cm³/mol. The number of nitrogens with zero attached hydrogens (tertiary/aromatic N) is 2. The Kier molecular flexibility index (Phi) is 4.41. The summed E-state index contributed by atoms with van der Waals surface area (Å²) in [6.45, 7) is 5.03. The van der Waals surface area contributed by atoms with E-state index in [1.54, 1.807) is 6.92 Å². The van der Waals surface area contributed by atoms with E-state index in [4.69, 9.17) is 0 Å². The fourth-order valence-corrected chi connectivity index (χ4v) is 1.55. The quantitative estimate of drug-likeness (QED) is 0.392. The van der Waals surface area contributed by atoms with Crippen molar-refractivity contribution in [2.24, 2.45) is 5.92 Å². The van der Waals surface area contributed by atoms with Crippen molar-refractivity contribution in [3.05, 3.63) is 0 Å². The summed E-state index contributed by atoms with van der Waals surface area (Å²) in [6, 6.07) is -0.758. The highest BCUT2D eigenvalue weighted by Gasteiger charge is 2.45. The van der Waals surface area contributed by atoms with Crippen molar-refractivity contribution >= 4 is 23.8 Å². The number of imide groups is 2. The Hall–Kier alpha value is -1.92. The lowest BCUT2D eigenvalue weighted by Gasteiger charge is -2.16. The fraction of sp³-hybridized carbons (Fsp3) is 0.636. The maximum Gasteiger partial charge on any atom is 0.334 e. The summed E-state index contributed by atoms with van der Waals surface area (Å²) >= 11 is 0. The van der Waals surface area contributed by atoms with Gasteiger partial charge < -0.3 is 4.74 Å². The monoisotopic (exact) mass is 256 g/mol. The minimum Gasteiger partial charge on any atom is -0.465 e. The summed E-state index contributed by atoms with van der Waals surface area (Å²) in [4.78, 5) is 47.6. The third kappa shape index (κ3) is 2.85. The number of hydrogen-bond acceptors (Lipinski definition) is 5. The summed E-state index contributed by atoms with van der Waals surface area (Å²) in [5.41, 5.74) is 0. The number of carbonyl (C=O) groups excluding carboxylic acids is 4. The molecular formula is C11H16N2O5. The third-order valence-electron chi connectivity index (χ3n) is 2.28. The van der Waals surface area contributed by atoms with Gasteiger partial charge in [-0.2, -0.15) is 0 Å². The van der Waals surface area contributed by atoms with Gasteiger partial charge in [0.25, 0.3) is 0 Å². The Morgan fingerprint density at radius 1 is 1.17 bits per heavy atom. The van der Waals surface area contributed by atoms with E-state index in [1.165, 1.54) is 0 Å². The molecule has 1 saturated heterocycles. The molecule has 0 aromatic rings. The van der Waals surface area contributed by atoms with Gasteiger partial charge in [0.15, 0.2) is 0 Å². The molecule has 0 aromatic heterocycles. The third-order valence-corrected chi connectivity index (χ3v) is 2.28. The van der Waals surface area contributed by atoms with Crippen LogP contribution in [0.1, 0.15) is 20.8 Å². The number of amides is 4. The first-order valence-corrected chi connectivity index (χ1v) is 5.71. The van der Waals surface area contributed by atoms with E-state index in [2.05, 4.69) is 4.74 Å². The zero-order valence-corrected chi connectivity index (χ0v) is 10.6. The molecule has 0 aromatic carbocycles. The molecule has 0 radical (unpaired) electrons. The molecule has 7 nitrogen and oxygen atoms in total. The average molecular weight is 256 g/mol. The molecule has 18 heavy (non-hydrogen) atoms. The summed E-state index contributed by atoms with van der Waals surface area (Å²) in [5, 5.41) is 0. The number of esters is 1. The van der Waals surface area contributed by atoms with Gasteiger partial charge in [0.1, 0.15) is 6.54 Å². The first-order valence-electron chi connectivity index (χ1n) is 5.71. The van der Waals surface area contributed by atoms with Crippen molar-refractivity contribution in [3.63, 3.8) is 0 Å². The molecule has 0 N–H and O–H groups in total. The van der Waals surface area contributed by atoms with Crippen LogP contribution in [0.15, 0.2) is 0 Å². The topological polar surface area (TPSA) is 84.0 Å². The minimum absolute atomic E-state index is 0.0493. The maximum absolute atomic E-state index is 11.8. The maximum atomic E-state index is 11.8. The van der Waals surface area contributed by atoms with Gasteiger partial charge in [0.05, 0.1) is 6.61 Å². The van der Waals surface area contributed by atoms with Crippen molar-refractivity contribution in [2.75, 3.05) is 19.7 Å². The van der Waals surface area contributed by atoms with Gasteiger partial charge in [-0.3, -0.25) is 19.3 Å². The van der Waals surface area contributed by atoms with Gasteiger partial charge in [-0.1, -0.05) is 13.8 Å².